The Kier molecular flexibility index (Phi) is 2.55. The molecule has 1 rings (SSSR count). The van der Waals surface area contributed by atoms with Crippen molar-refractivity contribution in [1.29, 1.82) is 5.26 Å². The molecule has 0 saturated carbocycles. The van der Waals surface area contributed by atoms with Gasteiger partial charge in [0.2, 0.25) is 0 Å². The van der Waals surface area contributed by atoms with Crippen LogP contribution < -0.4 is 0 Å². The van der Waals surface area contributed by atoms with Crippen molar-refractivity contribution in [3.8, 4) is 6.07 Å². The molecular weight excluding hydrogens is 211 g/mol. The molecule has 0 spiro atoms. The lowest BCUT2D eigenvalue weighted by atomic mass is 10.2. The molecule has 0 aromatic carbocycles. The lowest BCUT2D eigenvalue weighted by Crippen LogP contribution is -1.87. The predicted molar refractivity (Wildman–Crippen MR) is 41.5 cm³/mol. The standard InChI is InChI=1S/C7H4BrFN2/c8-7-4-11-6(2-9)1-5(7)3-10/h1,4H,2H2. The first-order valence-corrected chi connectivity index (χ1v) is 3.67. The summed E-state index contributed by atoms with van der Waals surface area (Å²) < 4.78 is 12.6. The van der Waals surface area contributed by atoms with E-state index in [4.69, 9.17) is 5.26 Å². The van der Waals surface area contributed by atoms with Crippen LogP contribution in [0, 0.1) is 11.3 Å². The molecule has 0 atom stereocenters. The van der Waals surface area contributed by atoms with Crippen molar-refractivity contribution in [2.45, 2.75) is 6.67 Å². The first-order valence-electron chi connectivity index (χ1n) is 2.88. The Hall–Kier alpha value is -0.950. The maximum absolute atomic E-state index is 12.0. The zero-order valence-corrected chi connectivity index (χ0v) is 7.10. The highest BCUT2D eigenvalue weighted by Crippen LogP contribution is 2.15. The highest BCUT2D eigenvalue weighted by atomic mass is 79.9. The molecule has 0 aliphatic heterocycles. The van der Waals surface area contributed by atoms with Crippen LogP contribution in [0.3, 0.4) is 0 Å². The van der Waals surface area contributed by atoms with Gasteiger partial charge in [0, 0.05) is 6.20 Å². The van der Waals surface area contributed by atoms with Gasteiger partial charge in [0.15, 0.2) is 0 Å². The molecule has 0 saturated heterocycles. The maximum atomic E-state index is 12.0. The van der Waals surface area contributed by atoms with Crippen molar-refractivity contribution in [2.75, 3.05) is 0 Å². The summed E-state index contributed by atoms with van der Waals surface area (Å²) in [6, 6.07) is 3.34. The van der Waals surface area contributed by atoms with Crippen molar-refractivity contribution in [3.05, 3.63) is 28.0 Å². The van der Waals surface area contributed by atoms with Gasteiger partial charge in [-0.3, -0.25) is 4.98 Å². The predicted octanol–water partition coefficient (Wildman–Crippen LogP) is 2.19. The molecule has 0 aliphatic carbocycles. The summed E-state index contributed by atoms with van der Waals surface area (Å²) in [6.45, 7) is -0.637. The number of nitriles is 1. The first-order chi connectivity index (χ1) is 5.27. The molecule has 4 heteroatoms. The molecule has 11 heavy (non-hydrogen) atoms. The van der Waals surface area contributed by atoms with Gasteiger partial charge in [0.05, 0.1) is 15.7 Å². The molecule has 56 valence electrons. The summed E-state index contributed by atoms with van der Waals surface area (Å²) in [5, 5.41) is 8.51. The Bertz CT molecular complexity index is 306. The molecule has 1 aromatic rings. The van der Waals surface area contributed by atoms with E-state index in [1.54, 1.807) is 0 Å². The van der Waals surface area contributed by atoms with E-state index in [9.17, 15) is 4.39 Å². The van der Waals surface area contributed by atoms with Gasteiger partial charge < -0.3 is 0 Å². The van der Waals surface area contributed by atoms with Gasteiger partial charge in [-0.15, -0.1) is 0 Å². The van der Waals surface area contributed by atoms with Crippen LogP contribution in [-0.2, 0) is 6.67 Å². The van der Waals surface area contributed by atoms with Crippen LogP contribution in [0.4, 0.5) is 4.39 Å². The summed E-state index contributed by atoms with van der Waals surface area (Å²) in [4.78, 5) is 3.73. The zero-order valence-electron chi connectivity index (χ0n) is 5.51. The quantitative estimate of drug-likeness (QED) is 0.719. The molecule has 0 amide bonds. The van der Waals surface area contributed by atoms with Gasteiger partial charge in [-0.1, -0.05) is 0 Å². The maximum Gasteiger partial charge on any atom is 0.131 e. The van der Waals surface area contributed by atoms with Crippen LogP contribution in [0.2, 0.25) is 0 Å². The monoisotopic (exact) mass is 214 g/mol. The minimum atomic E-state index is -0.637. The summed E-state index contributed by atoms with van der Waals surface area (Å²) in [5.74, 6) is 0. The van der Waals surface area contributed by atoms with Gasteiger partial charge >= 0.3 is 0 Å². The Balaban J connectivity index is 3.15. The number of alkyl halides is 1. The third-order valence-corrected chi connectivity index (χ3v) is 1.80. The fourth-order valence-corrected chi connectivity index (χ4v) is 0.946. The Morgan fingerprint density at radius 2 is 2.45 bits per heavy atom. The van der Waals surface area contributed by atoms with Gasteiger partial charge in [-0.2, -0.15) is 5.26 Å². The minimum Gasteiger partial charge on any atom is -0.257 e. The smallest absolute Gasteiger partial charge is 0.131 e. The molecule has 0 aliphatic rings. The highest BCUT2D eigenvalue weighted by molar-refractivity contribution is 9.10. The van der Waals surface area contributed by atoms with E-state index in [0.717, 1.165) is 0 Å². The summed E-state index contributed by atoms with van der Waals surface area (Å²) >= 11 is 3.11. The number of hydrogen-bond donors (Lipinski definition) is 0. The lowest BCUT2D eigenvalue weighted by Gasteiger charge is -1.95. The number of nitrogens with zero attached hydrogens (tertiary/aromatic N) is 2. The van der Waals surface area contributed by atoms with E-state index in [-0.39, 0.29) is 5.69 Å². The fraction of sp³-hybridized carbons (Fsp3) is 0.143. The second kappa shape index (κ2) is 3.44. The summed E-state index contributed by atoms with van der Waals surface area (Å²) in [7, 11) is 0. The average molecular weight is 215 g/mol. The Labute approximate surface area is 71.8 Å². The number of hydrogen-bond acceptors (Lipinski definition) is 2. The van der Waals surface area contributed by atoms with Gasteiger partial charge in [-0.05, 0) is 22.0 Å². The van der Waals surface area contributed by atoms with E-state index < -0.39 is 6.67 Å². The third kappa shape index (κ3) is 1.75. The normalized spacial score (nSPS) is 9.18. The molecule has 0 bridgehead atoms. The highest BCUT2D eigenvalue weighted by Gasteiger charge is 2.00. The van der Waals surface area contributed by atoms with Gasteiger partial charge in [0.25, 0.3) is 0 Å². The molecule has 0 unspecified atom stereocenters. The second-order valence-corrected chi connectivity index (χ2v) is 2.76. The zero-order chi connectivity index (χ0) is 8.27. The average Bonchev–Trinajstić information content (AvgIpc) is 2.05. The lowest BCUT2D eigenvalue weighted by molar-refractivity contribution is 0.476. The van der Waals surface area contributed by atoms with Crippen LogP contribution in [0.5, 0.6) is 0 Å². The van der Waals surface area contributed by atoms with E-state index in [1.807, 2.05) is 6.07 Å². The molecule has 0 N–H and O–H groups in total. The summed E-state index contributed by atoms with van der Waals surface area (Å²) in [5.41, 5.74) is 0.692. The Morgan fingerprint density at radius 3 is 3.00 bits per heavy atom. The number of aromatic nitrogens is 1. The topological polar surface area (TPSA) is 36.7 Å². The van der Waals surface area contributed by atoms with Crippen molar-refractivity contribution < 1.29 is 4.39 Å². The second-order valence-electron chi connectivity index (χ2n) is 1.90. The number of pyridine rings is 1. The largest absolute Gasteiger partial charge is 0.257 e. The number of halogens is 2. The van der Waals surface area contributed by atoms with Crippen LogP contribution in [0.15, 0.2) is 16.7 Å². The fourth-order valence-electron chi connectivity index (χ4n) is 0.641. The van der Waals surface area contributed by atoms with E-state index in [1.165, 1.54) is 12.3 Å². The summed E-state index contributed by atoms with van der Waals surface area (Å²) in [6.07, 6.45) is 1.42. The van der Waals surface area contributed by atoms with Crippen LogP contribution in [-0.4, -0.2) is 4.98 Å². The number of rotatable bonds is 1. The molecule has 1 heterocycles. The molecule has 1 aromatic heterocycles. The van der Waals surface area contributed by atoms with E-state index >= 15 is 0 Å². The van der Waals surface area contributed by atoms with Gasteiger partial charge in [0.1, 0.15) is 12.7 Å². The van der Waals surface area contributed by atoms with E-state index in [2.05, 4.69) is 20.9 Å². The van der Waals surface area contributed by atoms with E-state index in [0.29, 0.717) is 10.0 Å². The van der Waals surface area contributed by atoms with Crippen molar-refractivity contribution in [1.82, 2.24) is 4.98 Å². The molecular formula is C7H4BrFN2. The first kappa shape index (κ1) is 8.15. The van der Waals surface area contributed by atoms with Gasteiger partial charge in [-0.25, -0.2) is 4.39 Å². The van der Waals surface area contributed by atoms with Crippen LogP contribution in [0.1, 0.15) is 11.3 Å². The molecule has 0 radical (unpaired) electrons. The van der Waals surface area contributed by atoms with Crippen molar-refractivity contribution >= 4 is 15.9 Å². The van der Waals surface area contributed by atoms with Crippen molar-refractivity contribution in [2.24, 2.45) is 0 Å². The van der Waals surface area contributed by atoms with Crippen LogP contribution >= 0.6 is 15.9 Å². The molecule has 0 fully saturated rings. The SMILES string of the molecule is N#Cc1cc(CF)ncc1Br. The minimum absolute atomic E-state index is 0.282. The van der Waals surface area contributed by atoms with Crippen molar-refractivity contribution in [3.63, 3.8) is 0 Å². The molecule has 2 nitrogen and oxygen atoms in total. The Morgan fingerprint density at radius 1 is 1.73 bits per heavy atom. The third-order valence-electron chi connectivity index (χ3n) is 1.17. The van der Waals surface area contributed by atoms with Crippen LogP contribution in [0.25, 0.3) is 0 Å².